The van der Waals surface area contributed by atoms with E-state index in [1.54, 1.807) is 86.0 Å². The maximum atomic E-state index is 10.4. The van der Waals surface area contributed by atoms with E-state index in [4.69, 9.17) is 106 Å². The summed E-state index contributed by atoms with van der Waals surface area (Å²) in [5.41, 5.74) is 6.58. The molecule has 0 fully saturated rings. The van der Waals surface area contributed by atoms with E-state index in [0.29, 0.717) is 52.4 Å². The zero-order valence-corrected chi connectivity index (χ0v) is 85.0. The molecule has 0 amide bonds. The monoisotopic (exact) mass is 2410 g/mol. The molecule has 8 radical (unpaired) electrons. The molecule has 62 heteroatoms. The van der Waals surface area contributed by atoms with Gasteiger partial charge in [0.25, 0.3) is 0 Å². The SMILES string of the molecule is CC#N.CC#N.CC#N.CC#N.CC#N.CC#N.CC([O-])=NCc1ccccn1.CC([O-])=NCc1ccccn1.CC([O-])=NCc1ccccn1.CC([O-])=NCc1ccccn1.CC([O-])=NCc1ccccn1.CC([O-])=NCc1ccccn1.CC([O-])=NCc1ccccn1.CC([O-])=NCc1ccccn1.[Cu+2].[Cu+2].[Cu+2].[Cu+2].[Cu+2].[Cu+2].[Cu+2].[Cu+2].[O-][Cl+3]([O-])([O-])[O-].[O-][Cl+3]([O-])([O-])[O-].[O-][Cl+3]([O-])([O-])[O-].[O-][Cl+3]([O-])([O-])[O-].[OH-].[OH-].[OH-].[OH-]. The number of pyridine rings is 8. The molecule has 0 atom stereocenters. The van der Waals surface area contributed by atoms with Crippen molar-refractivity contribution in [2.75, 3.05) is 0 Å². The van der Waals surface area contributed by atoms with Crippen LogP contribution in [-0.2, 0) is 189 Å². The normalized spacial score (nSPS) is 9.45. The van der Waals surface area contributed by atoms with Gasteiger partial charge in [-0.05, 0) is 200 Å². The van der Waals surface area contributed by atoms with Crippen molar-refractivity contribution < 1.29 is 315 Å². The average Bonchev–Trinajstić information content (AvgIpc) is 0.998. The molecular weight excluding hydrogens is 2320 g/mol. The van der Waals surface area contributed by atoms with Gasteiger partial charge in [-0.2, -0.15) is 31.6 Å². The molecule has 0 aliphatic rings. The number of aliphatic imine (C=N–C) groups is 8. The fraction of sp³-hybridized carbons (Fsp3) is 0.289. The minimum atomic E-state index is -4.94. The molecule has 0 aliphatic carbocycles. The van der Waals surface area contributed by atoms with E-state index in [1.807, 2.05) is 146 Å². The Labute approximate surface area is 892 Å². The first-order valence-electron chi connectivity index (χ1n) is 33.8. The maximum Gasteiger partial charge on any atom is 2.00 e. The summed E-state index contributed by atoms with van der Waals surface area (Å²) in [6, 6.07) is 54.8. The van der Waals surface area contributed by atoms with Crippen LogP contribution in [-0.4, -0.2) is 109 Å². The van der Waals surface area contributed by atoms with E-state index in [-0.39, 0.29) is 206 Å². The van der Waals surface area contributed by atoms with Gasteiger partial charge in [-0.15, -0.1) is 41.0 Å². The van der Waals surface area contributed by atoms with Crippen LogP contribution in [0.4, 0.5) is 0 Å². The van der Waals surface area contributed by atoms with Crippen LogP contribution in [0.1, 0.15) is 142 Å². The van der Waals surface area contributed by atoms with Crippen molar-refractivity contribution in [1.29, 1.82) is 31.6 Å². The summed E-state index contributed by atoms with van der Waals surface area (Å²) in [7, 11) is -19.8. The first-order chi connectivity index (χ1) is 58.8. The first-order valence-corrected chi connectivity index (χ1v) is 38.7. The van der Waals surface area contributed by atoms with Crippen LogP contribution < -0.4 is 115 Å². The van der Waals surface area contributed by atoms with Crippen molar-refractivity contribution in [2.45, 2.75) is 149 Å². The molecule has 792 valence electrons. The van der Waals surface area contributed by atoms with Gasteiger partial charge < -0.3 is 62.8 Å². The third kappa shape index (κ3) is 223. The van der Waals surface area contributed by atoms with E-state index in [1.165, 1.54) is 96.9 Å². The van der Waals surface area contributed by atoms with E-state index in [0.717, 1.165) is 45.6 Å². The minimum absolute atomic E-state index is 0. The molecule has 8 aromatic rings. The third-order valence-electron chi connectivity index (χ3n) is 9.52. The van der Waals surface area contributed by atoms with Gasteiger partial charge in [0.05, 0.1) is 134 Å². The Kier molecular flexibility index (Phi) is 175. The second kappa shape index (κ2) is 132. The topological polar surface area (TPSA) is 1020 Å². The Morgan fingerprint density at radius 3 is 0.312 bits per heavy atom. The molecule has 0 unspecified atom stereocenters. The second-order valence-electron chi connectivity index (χ2n) is 20.1. The number of nitrogens with zero attached hydrogens (tertiary/aromatic N) is 22. The predicted octanol–water partition coefficient (Wildman–Crippen LogP) is -13.7. The number of aromatic nitrogens is 8. The molecule has 4 N–H and O–H groups in total. The quantitative estimate of drug-likeness (QED) is 0.0492. The van der Waals surface area contributed by atoms with E-state index < -0.39 is 41.0 Å². The van der Waals surface area contributed by atoms with Crippen molar-refractivity contribution >= 4 is 47.2 Å². The number of hydrogen-bond donors (Lipinski definition) is 0. The zero-order chi connectivity index (χ0) is 99.1. The summed E-state index contributed by atoms with van der Waals surface area (Å²) in [6.07, 6.45) is 13.5. The molecule has 0 bridgehead atoms. The molecule has 0 aliphatic heterocycles. The van der Waals surface area contributed by atoms with Crippen molar-refractivity contribution in [3.05, 3.63) is 241 Å². The number of halogens is 4. The fourth-order valence-corrected chi connectivity index (χ4v) is 5.47. The van der Waals surface area contributed by atoms with Crippen LogP contribution in [0.5, 0.6) is 0 Å². The minimum Gasteiger partial charge on any atom is -0.870 e. The smallest absolute Gasteiger partial charge is 0.870 e. The number of rotatable bonds is 16. The fourth-order valence-electron chi connectivity index (χ4n) is 5.47. The van der Waals surface area contributed by atoms with Gasteiger partial charge in [0.2, 0.25) is 0 Å². The summed E-state index contributed by atoms with van der Waals surface area (Å²) in [6.45, 7) is 23.1. The van der Waals surface area contributed by atoms with Crippen molar-refractivity contribution in [3.8, 4) is 36.4 Å². The Morgan fingerprint density at radius 2 is 0.268 bits per heavy atom. The van der Waals surface area contributed by atoms with Crippen LogP contribution in [0.15, 0.2) is 235 Å². The van der Waals surface area contributed by atoms with Crippen molar-refractivity contribution in [3.63, 3.8) is 0 Å². The molecule has 138 heavy (non-hydrogen) atoms. The van der Waals surface area contributed by atoms with Crippen LogP contribution in [0.25, 0.3) is 0 Å². The van der Waals surface area contributed by atoms with Gasteiger partial charge in [0.15, 0.2) is 0 Å². The van der Waals surface area contributed by atoms with Gasteiger partial charge in [0.1, 0.15) is 0 Å². The molecule has 0 saturated carbocycles. The maximum absolute atomic E-state index is 10.4. The van der Waals surface area contributed by atoms with E-state index in [2.05, 4.69) is 79.8 Å². The first kappa shape index (κ1) is 184. The molecule has 8 rings (SSSR count). The largest absolute Gasteiger partial charge is 2.00 e. The molecule has 0 saturated heterocycles. The Bertz CT molecular complexity index is 3600. The van der Waals surface area contributed by atoms with E-state index in [9.17, 15) is 40.9 Å². The van der Waals surface area contributed by atoms with Crippen LogP contribution >= 0.6 is 0 Å². The van der Waals surface area contributed by atoms with Crippen molar-refractivity contribution in [1.82, 2.24) is 39.9 Å². The Hall–Kier alpha value is -9.58. The average molecular weight is 2410 g/mol. The van der Waals surface area contributed by atoms with Gasteiger partial charge in [0, 0.05) is 91.1 Å². The summed E-state index contributed by atoms with van der Waals surface area (Å²) in [5.74, 6) is -1.25. The van der Waals surface area contributed by atoms with Gasteiger partial charge in [-0.1, -0.05) is 48.5 Å². The summed E-state index contributed by atoms with van der Waals surface area (Å²) < 4.78 is 136. The molecule has 0 spiro atoms. The predicted molar refractivity (Wildman–Crippen MR) is 404 cm³/mol. The number of nitriles is 6. The third-order valence-corrected chi connectivity index (χ3v) is 9.52. The van der Waals surface area contributed by atoms with Gasteiger partial charge in [-0.3, -0.25) is 79.8 Å². The van der Waals surface area contributed by atoms with Crippen LogP contribution in [0, 0.1) is 109 Å². The number of hydrogen-bond acceptors (Lipinski definition) is 50. The van der Waals surface area contributed by atoms with Crippen LogP contribution in [0.3, 0.4) is 0 Å². The Morgan fingerprint density at radius 1 is 0.203 bits per heavy atom. The standard InChI is InChI=1S/8C8H10N2O.6C2H3N.4ClHO4.8Cu.4H2O/c8*1-7(11)10-6-8-4-2-3-5-9-8;6*1-2-3;4*2-1(3,4)5;;;;;;;;;;;;/h8*2-5H,6H2,1H3,(H,10,11);6*1H3;4*(H,2,3,4,5);;;;;;;;;4*1H2/q;;;;;;;;;;;;;;;;;;8*+2;;;;/p-16. The molecular formula is C76H94Cl4Cu8N22O28. The molecule has 8 heterocycles. The van der Waals surface area contributed by atoms with Gasteiger partial charge >= 0.3 is 137 Å². The summed E-state index contributed by atoms with van der Waals surface area (Å²) >= 11 is 0. The zero-order valence-electron chi connectivity index (χ0n) is 74.5. The summed E-state index contributed by atoms with van der Waals surface area (Å²) in [4.78, 5) is 61.6. The molecule has 8 aromatic heterocycles. The van der Waals surface area contributed by atoms with E-state index >= 15 is 0 Å². The van der Waals surface area contributed by atoms with Crippen molar-refractivity contribution in [2.24, 2.45) is 39.9 Å². The second-order valence-corrected chi connectivity index (χ2v) is 23.1. The summed E-state index contributed by atoms with van der Waals surface area (Å²) in [5, 5.41) is 127. The Balaban J connectivity index is -0.0000000523. The molecule has 0 aromatic carbocycles. The van der Waals surface area contributed by atoms with Gasteiger partial charge in [-0.25, -0.2) is 74.5 Å². The molecule has 50 nitrogen and oxygen atoms in total. The van der Waals surface area contributed by atoms with Crippen LogP contribution in [0.2, 0.25) is 0 Å².